The molecule has 1 aliphatic heterocycles. The normalized spacial score (nSPS) is 15.7. The van der Waals surface area contributed by atoms with Gasteiger partial charge < -0.3 is 4.98 Å². The monoisotopic (exact) mass is 260 g/mol. The lowest BCUT2D eigenvalue weighted by Crippen LogP contribution is -2.22. The third-order valence-electron chi connectivity index (χ3n) is 3.02. The van der Waals surface area contributed by atoms with Crippen LogP contribution in [0, 0.1) is 6.92 Å². The molecule has 5 heteroatoms. The van der Waals surface area contributed by atoms with Gasteiger partial charge in [0.05, 0.1) is 5.57 Å². The van der Waals surface area contributed by atoms with Gasteiger partial charge in [-0.25, -0.2) is 0 Å². The van der Waals surface area contributed by atoms with Crippen LogP contribution in [0.1, 0.15) is 11.3 Å². The highest BCUT2D eigenvalue weighted by atomic mass is 35.5. The molecule has 90 valence electrons. The van der Waals surface area contributed by atoms with Crippen molar-refractivity contribution in [2.75, 3.05) is 0 Å². The highest BCUT2D eigenvalue weighted by Crippen LogP contribution is 2.34. The van der Waals surface area contributed by atoms with Crippen molar-refractivity contribution in [2.24, 2.45) is 0 Å². The van der Waals surface area contributed by atoms with Crippen molar-refractivity contribution in [3.63, 3.8) is 0 Å². The van der Waals surface area contributed by atoms with Gasteiger partial charge in [0.25, 0.3) is 11.8 Å². The van der Waals surface area contributed by atoms with Crippen molar-refractivity contribution in [3.05, 3.63) is 40.6 Å². The van der Waals surface area contributed by atoms with Gasteiger partial charge in [0, 0.05) is 22.2 Å². The Labute approximate surface area is 108 Å². The highest BCUT2D eigenvalue weighted by Gasteiger charge is 2.32. The highest BCUT2D eigenvalue weighted by molar-refractivity contribution is 6.55. The van der Waals surface area contributed by atoms with Gasteiger partial charge >= 0.3 is 0 Å². The zero-order valence-electron chi connectivity index (χ0n) is 9.50. The molecule has 2 aromatic rings. The van der Waals surface area contributed by atoms with Gasteiger partial charge in [0.1, 0.15) is 5.03 Å². The number of nitrogens with one attached hydrogen (secondary N) is 2. The molecule has 4 nitrogen and oxygen atoms in total. The minimum Gasteiger partial charge on any atom is -0.358 e. The van der Waals surface area contributed by atoms with E-state index in [1.807, 2.05) is 31.2 Å². The van der Waals surface area contributed by atoms with Crippen LogP contribution in [-0.2, 0) is 9.59 Å². The first-order chi connectivity index (χ1) is 8.59. The number of halogens is 1. The number of para-hydroxylation sites is 1. The predicted molar refractivity (Wildman–Crippen MR) is 69.0 cm³/mol. The molecular formula is C13H9ClN2O2. The molecule has 0 aliphatic carbocycles. The summed E-state index contributed by atoms with van der Waals surface area (Å²) >= 11 is 5.92. The van der Waals surface area contributed by atoms with Crippen molar-refractivity contribution in [3.8, 4) is 0 Å². The van der Waals surface area contributed by atoms with E-state index in [4.69, 9.17) is 11.6 Å². The average Bonchev–Trinajstić information content (AvgIpc) is 2.77. The van der Waals surface area contributed by atoms with Gasteiger partial charge in [-0.2, -0.15) is 0 Å². The number of aromatic nitrogens is 1. The van der Waals surface area contributed by atoms with Crippen molar-refractivity contribution in [1.82, 2.24) is 10.3 Å². The Morgan fingerprint density at radius 2 is 1.83 bits per heavy atom. The summed E-state index contributed by atoms with van der Waals surface area (Å²) in [6, 6.07) is 7.58. The summed E-state index contributed by atoms with van der Waals surface area (Å²) in [5, 5.41) is 3.03. The molecule has 2 heterocycles. The SMILES string of the molecule is Cc1[nH]c2ccccc2c1C1=C(Cl)C(=O)NC1=O. The average molecular weight is 261 g/mol. The van der Waals surface area contributed by atoms with Crippen LogP contribution in [0.2, 0.25) is 0 Å². The fourth-order valence-corrected chi connectivity index (χ4v) is 2.48. The zero-order chi connectivity index (χ0) is 12.9. The number of aromatic amines is 1. The fourth-order valence-electron chi connectivity index (χ4n) is 2.26. The molecule has 3 rings (SSSR count). The lowest BCUT2D eigenvalue weighted by atomic mass is 10.0. The van der Waals surface area contributed by atoms with Gasteiger partial charge in [-0.1, -0.05) is 29.8 Å². The summed E-state index contributed by atoms with van der Waals surface area (Å²) in [7, 11) is 0. The molecule has 2 amide bonds. The number of hydrogen-bond donors (Lipinski definition) is 2. The second kappa shape index (κ2) is 3.71. The van der Waals surface area contributed by atoms with Crippen molar-refractivity contribution in [2.45, 2.75) is 6.92 Å². The minimum absolute atomic E-state index is 0.0483. The van der Waals surface area contributed by atoms with Gasteiger partial charge in [0.15, 0.2) is 0 Å². The summed E-state index contributed by atoms with van der Waals surface area (Å²) in [5.41, 5.74) is 2.67. The number of H-pyrrole nitrogens is 1. The summed E-state index contributed by atoms with van der Waals surface area (Å²) in [5.74, 6) is -0.987. The predicted octanol–water partition coefficient (Wildman–Crippen LogP) is 2.08. The van der Waals surface area contributed by atoms with Gasteiger partial charge in [-0.15, -0.1) is 0 Å². The number of aryl methyl sites for hydroxylation is 1. The van der Waals surface area contributed by atoms with Crippen LogP contribution in [0.25, 0.3) is 16.5 Å². The second-order valence-electron chi connectivity index (χ2n) is 4.14. The van der Waals surface area contributed by atoms with Crippen LogP contribution in [0.4, 0.5) is 0 Å². The molecule has 0 saturated carbocycles. The van der Waals surface area contributed by atoms with Crippen molar-refractivity contribution >= 4 is 39.9 Å². The molecule has 1 aromatic carbocycles. The van der Waals surface area contributed by atoms with Crippen molar-refractivity contribution in [1.29, 1.82) is 0 Å². The molecule has 0 fully saturated rings. The molecule has 0 atom stereocenters. The number of carbonyl (C=O) groups is 2. The van der Waals surface area contributed by atoms with E-state index in [0.29, 0.717) is 5.56 Å². The van der Waals surface area contributed by atoms with Crippen molar-refractivity contribution < 1.29 is 9.59 Å². The van der Waals surface area contributed by atoms with Gasteiger partial charge in [0.2, 0.25) is 0 Å². The van der Waals surface area contributed by atoms with E-state index in [0.717, 1.165) is 16.6 Å². The number of benzene rings is 1. The van der Waals surface area contributed by atoms with E-state index < -0.39 is 11.8 Å². The van der Waals surface area contributed by atoms with E-state index in [2.05, 4.69) is 10.3 Å². The molecule has 1 aliphatic rings. The maximum Gasteiger partial charge on any atom is 0.270 e. The number of amides is 2. The Morgan fingerprint density at radius 1 is 1.11 bits per heavy atom. The standard InChI is InChI=1S/C13H9ClN2O2/c1-6-9(7-4-2-3-5-8(7)15-6)10-11(14)13(18)16-12(10)17/h2-5,15H,1H3,(H,16,17,18). The Morgan fingerprint density at radius 3 is 2.50 bits per heavy atom. The van der Waals surface area contributed by atoms with Gasteiger partial charge in [-0.3, -0.25) is 14.9 Å². The van der Waals surface area contributed by atoms with E-state index in [1.54, 1.807) is 0 Å². The number of hydrogen-bond acceptors (Lipinski definition) is 2. The molecule has 0 radical (unpaired) electrons. The maximum absolute atomic E-state index is 11.8. The van der Waals surface area contributed by atoms with E-state index >= 15 is 0 Å². The molecule has 0 bridgehead atoms. The minimum atomic E-state index is -0.540. The smallest absolute Gasteiger partial charge is 0.270 e. The first kappa shape index (κ1) is 11.0. The third-order valence-corrected chi connectivity index (χ3v) is 3.38. The van der Waals surface area contributed by atoms with E-state index in [-0.39, 0.29) is 10.6 Å². The molecule has 0 unspecified atom stereocenters. The molecule has 0 saturated heterocycles. The Hall–Kier alpha value is -2.07. The topological polar surface area (TPSA) is 62.0 Å². The molecule has 18 heavy (non-hydrogen) atoms. The number of fused-ring (bicyclic) bond motifs is 1. The van der Waals surface area contributed by atoms with E-state index in [1.165, 1.54) is 0 Å². The summed E-state index contributed by atoms with van der Waals surface area (Å²) in [4.78, 5) is 26.4. The van der Waals surface area contributed by atoms with Crippen LogP contribution in [0.5, 0.6) is 0 Å². The summed E-state index contributed by atoms with van der Waals surface area (Å²) in [6.07, 6.45) is 0. The number of carbonyl (C=O) groups excluding carboxylic acids is 2. The molecule has 2 N–H and O–H groups in total. The second-order valence-corrected chi connectivity index (χ2v) is 4.52. The first-order valence-electron chi connectivity index (χ1n) is 5.42. The lowest BCUT2D eigenvalue weighted by Gasteiger charge is -2.00. The molecule has 1 aromatic heterocycles. The fraction of sp³-hybridized carbons (Fsp3) is 0.0769. The van der Waals surface area contributed by atoms with Crippen LogP contribution in [0.3, 0.4) is 0 Å². The maximum atomic E-state index is 11.8. The quantitative estimate of drug-likeness (QED) is 0.771. The Balaban J connectivity index is 2.36. The van der Waals surface area contributed by atoms with Crippen LogP contribution in [0.15, 0.2) is 29.3 Å². The molecule has 0 spiro atoms. The van der Waals surface area contributed by atoms with Gasteiger partial charge in [-0.05, 0) is 13.0 Å². The van der Waals surface area contributed by atoms with Crippen LogP contribution < -0.4 is 5.32 Å². The third kappa shape index (κ3) is 1.39. The number of rotatable bonds is 1. The Bertz CT molecular complexity index is 728. The largest absolute Gasteiger partial charge is 0.358 e. The summed E-state index contributed by atoms with van der Waals surface area (Å²) < 4.78 is 0. The summed E-state index contributed by atoms with van der Waals surface area (Å²) in [6.45, 7) is 1.85. The van der Waals surface area contributed by atoms with Crippen LogP contribution in [-0.4, -0.2) is 16.8 Å². The van der Waals surface area contributed by atoms with E-state index in [9.17, 15) is 9.59 Å². The van der Waals surface area contributed by atoms with Crippen LogP contribution >= 0.6 is 11.6 Å². The Kier molecular flexibility index (Phi) is 2.28. The lowest BCUT2D eigenvalue weighted by molar-refractivity contribution is -0.123. The number of imide groups is 1. The first-order valence-corrected chi connectivity index (χ1v) is 5.80. The zero-order valence-corrected chi connectivity index (χ0v) is 10.3. The molecular weight excluding hydrogens is 252 g/mol.